The Labute approximate surface area is 206 Å². The highest BCUT2D eigenvalue weighted by Crippen LogP contribution is 2.31. The number of fused-ring (bicyclic) bond motifs is 1. The van der Waals surface area contributed by atoms with Crippen LogP contribution in [0.4, 0.5) is 5.82 Å². The maximum absolute atomic E-state index is 12.7. The van der Waals surface area contributed by atoms with Gasteiger partial charge in [0.15, 0.2) is 0 Å². The summed E-state index contributed by atoms with van der Waals surface area (Å²) in [5, 5.41) is 1.27. The van der Waals surface area contributed by atoms with Crippen molar-refractivity contribution in [2.45, 2.75) is 20.0 Å². The molecule has 3 aromatic rings. The van der Waals surface area contributed by atoms with Crippen molar-refractivity contribution in [1.29, 1.82) is 0 Å². The van der Waals surface area contributed by atoms with Gasteiger partial charge in [-0.1, -0.05) is 18.2 Å². The fourth-order valence-corrected chi connectivity index (χ4v) is 5.23. The lowest BCUT2D eigenvalue weighted by Gasteiger charge is -2.32. The van der Waals surface area contributed by atoms with E-state index < -0.39 is 0 Å². The van der Waals surface area contributed by atoms with E-state index in [0.717, 1.165) is 43.9 Å². The summed E-state index contributed by atoms with van der Waals surface area (Å²) in [6.07, 6.45) is 5.18. The maximum Gasteiger partial charge on any atom is 0.246 e. The molecule has 1 aromatic carbocycles. The van der Waals surface area contributed by atoms with Crippen LogP contribution < -0.4 is 5.73 Å². The van der Waals surface area contributed by atoms with Gasteiger partial charge in [0.25, 0.3) is 0 Å². The monoisotopic (exact) mass is 485 g/mol. The number of nitrogens with two attached hydrogens (primary N) is 1. The van der Waals surface area contributed by atoms with Gasteiger partial charge >= 0.3 is 0 Å². The largest absolute Gasteiger partial charge is 0.383 e. The molecule has 0 radical (unpaired) electrons. The highest BCUT2D eigenvalue weighted by Gasteiger charge is 2.16. The topological polar surface area (TPSA) is 65.7 Å². The highest BCUT2D eigenvalue weighted by molar-refractivity contribution is 7.19. The predicted molar refractivity (Wildman–Crippen MR) is 141 cm³/mol. The van der Waals surface area contributed by atoms with Crippen molar-refractivity contribution in [3.8, 4) is 0 Å². The standard InChI is InChI=1S/C25H31N5OS.ClH/c1-18-21-6-4-5-7-22(21)32-23(18)17-29(3)24(31)9-8-19-14-20(25(26)27-15-19)16-30-12-10-28(2)11-13-30;/h4-9,14-15H,10-13,16-17H2,1-3H3,(H2,26,27);1H. The molecule has 0 atom stereocenters. The first-order valence-corrected chi connectivity index (χ1v) is 11.8. The fourth-order valence-electron chi connectivity index (χ4n) is 3.97. The molecule has 3 heterocycles. The number of thiophene rings is 1. The number of anilines is 1. The molecule has 0 spiro atoms. The van der Waals surface area contributed by atoms with Crippen LogP contribution in [0.5, 0.6) is 0 Å². The van der Waals surface area contributed by atoms with Gasteiger partial charge in [-0.15, -0.1) is 23.7 Å². The number of rotatable bonds is 6. The number of aryl methyl sites for hydroxylation is 1. The first-order valence-electron chi connectivity index (χ1n) is 11.0. The van der Waals surface area contributed by atoms with E-state index in [1.54, 1.807) is 28.5 Å². The number of aromatic nitrogens is 1. The number of nitrogens with zero attached hydrogens (tertiary/aromatic N) is 4. The van der Waals surface area contributed by atoms with Gasteiger partial charge < -0.3 is 15.5 Å². The molecule has 1 amide bonds. The summed E-state index contributed by atoms with van der Waals surface area (Å²) in [5.41, 5.74) is 9.28. The van der Waals surface area contributed by atoms with Crippen LogP contribution in [-0.4, -0.2) is 65.9 Å². The van der Waals surface area contributed by atoms with Gasteiger partial charge in [-0.25, -0.2) is 4.98 Å². The molecule has 1 aliphatic heterocycles. The Balaban J connectivity index is 0.00000306. The molecule has 0 saturated carbocycles. The molecule has 33 heavy (non-hydrogen) atoms. The third-order valence-electron chi connectivity index (χ3n) is 6.13. The summed E-state index contributed by atoms with van der Waals surface area (Å²) >= 11 is 1.75. The molecule has 8 heteroatoms. The minimum Gasteiger partial charge on any atom is -0.383 e. The van der Waals surface area contributed by atoms with Crippen LogP contribution in [0.1, 0.15) is 21.6 Å². The van der Waals surface area contributed by atoms with Crippen molar-refractivity contribution in [3.05, 3.63) is 64.2 Å². The third-order valence-corrected chi connectivity index (χ3v) is 7.39. The summed E-state index contributed by atoms with van der Waals surface area (Å²) in [5.74, 6) is 0.532. The zero-order valence-electron chi connectivity index (χ0n) is 19.5. The van der Waals surface area contributed by atoms with Crippen LogP contribution in [0.2, 0.25) is 0 Å². The molecule has 1 fully saturated rings. The van der Waals surface area contributed by atoms with Crippen molar-refractivity contribution in [1.82, 2.24) is 19.7 Å². The normalized spacial score (nSPS) is 15.1. The van der Waals surface area contributed by atoms with Crippen LogP contribution >= 0.6 is 23.7 Å². The van der Waals surface area contributed by atoms with Crippen molar-refractivity contribution < 1.29 is 4.79 Å². The molecule has 0 aliphatic carbocycles. The number of pyridine rings is 1. The predicted octanol–water partition coefficient (Wildman–Crippen LogP) is 4.03. The van der Waals surface area contributed by atoms with Gasteiger partial charge in [0, 0.05) is 67.2 Å². The Bertz CT molecular complexity index is 1140. The number of nitrogen functional groups attached to an aromatic ring is 1. The molecular weight excluding hydrogens is 454 g/mol. The van der Waals surface area contributed by atoms with Crippen LogP contribution in [-0.2, 0) is 17.9 Å². The molecule has 0 unspecified atom stereocenters. The number of benzene rings is 1. The summed E-state index contributed by atoms with van der Waals surface area (Å²) in [6, 6.07) is 10.4. The number of likely N-dealkylation sites (N-methyl/N-ethyl adjacent to an activating group) is 2. The molecular formula is C25H32ClN5OS. The van der Waals surface area contributed by atoms with Gasteiger partial charge in [-0.2, -0.15) is 0 Å². The number of carbonyl (C=O) groups excluding carboxylic acids is 1. The number of piperazine rings is 1. The van der Waals surface area contributed by atoms with Gasteiger partial charge in [-0.3, -0.25) is 9.69 Å². The number of halogens is 1. The van der Waals surface area contributed by atoms with E-state index in [2.05, 4.69) is 53.0 Å². The van der Waals surface area contributed by atoms with E-state index in [9.17, 15) is 4.79 Å². The Kier molecular flexibility index (Phi) is 8.48. The summed E-state index contributed by atoms with van der Waals surface area (Å²) in [6.45, 7) is 7.69. The third kappa shape index (κ3) is 6.12. The van der Waals surface area contributed by atoms with E-state index >= 15 is 0 Å². The SMILES string of the molecule is Cc1c(CN(C)C(=O)C=Cc2cnc(N)c(CN3CCN(C)CC3)c2)sc2ccccc12.Cl. The second kappa shape index (κ2) is 11.1. The van der Waals surface area contributed by atoms with Crippen LogP contribution in [0.15, 0.2) is 42.6 Å². The van der Waals surface area contributed by atoms with E-state index in [1.165, 1.54) is 20.5 Å². The molecule has 6 nitrogen and oxygen atoms in total. The second-order valence-electron chi connectivity index (χ2n) is 8.57. The van der Waals surface area contributed by atoms with Crippen LogP contribution in [0.25, 0.3) is 16.2 Å². The van der Waals surface area contributed by atoms with Crippen molar-refractivity contribution in [3.63, 3.8) is 0 Å². The Morgan fingerprint density at radius 3 is 2.70 bits per heavy atom. The highest BCUT2D eigenvalue weighted by atomic mass is 35.5. The zero-order valence-corrected chi connectivity index (χ0v) is 21.1. The van der Waals surface area contributed by atoms with E-state index in [4.69, 9.17) is 5.73 Å². The second-order valence-corrected chi connectivity index (χ2v) is 9.70. The Morgan fingerprint density at radius 1 is 1.24 bits per heavy atom. The van der Waals surface area contributed by atoms with E-state index in [0.29, 0.717) is 12.4 Å². The molecule has 176 valence electrons. The Hall–Kier alpha value is -2.45. The average molecular weight is 486 g/mol. The minimum atomic E-state index is -0.0284. The summed E-state index contributed by atoms with van der Waals surface area (Å²) in [7, 11) is 3.99. The quantitative estimate of drug-likeness (QED) is 0.534. The van der Waals surface area contributed by atoms with E-state index in [1.807, 2.05) is 19.2 Å². The zero-order chi connectivity index (χ0) is 22.7. The van der Waals surface area contributed by atoms with Crippen LogP contribution in [0.3, 0.4) is 0 Å². The number of amides is 1. The van der Waals surface area contributed by atoms with Crippen LogP contribution in [0, 0.1) is 6.92 Å². The van der Waals surface area contributed by atoms with Gasteiger partial charge in [-0.05, 0) is 48.7 Å². The van der Waals surface area contributed by atoms with Crippen molar-refractivity contribution in [2.24, 2.45) is 0 Å². The van der Waals surface area contributed by atoms with Crippen molar-refractivity contribution >= 4 is 51.6 Å². The minimum absolute atomic E-state index is 0. The maximum atomic E-state index is 12.7. The molecule has 1 saturated heterocycles. The van der Waals surface area contributed by atoms with Gasteiger partial charge in [0.05, 0.1) is 6.54 Å². The Morgan fingerprint density at radius 2 is 1.97 bits per heavy atom. The molecule has 2 aromatic heterocycles. The lowest BCUT2D eigenvalue weighted by Crippen LogP contribution is -2.44. The lowest BCUT2D eigenvalue weighted by atomic mass is 10.1. The molecule has 1 aliphatic rings. The summed E-state index contributed by atoms with van der Waals surface area (Å²) in [4.78, 5) is 24.8. The lowest BCUT2D eigenvalue weighted by molar-refractivity contribution is -0.125. The average Bonchev–Trinajstić information content (AvgIpc) is 3.11. The molecule has 0 bridgehead atoms. The molecule has 2 N–H and O–H groups in total. The number of hydrogen-bond acceptors (Lipinski definition) is 6. The van der Waals surface area contributed by atoms with Gasteiger partial charge in [0.1, 0.15) is 5.82 Å². The number of carbonyl (C=O) groups is 1. The summed E-state index contributed by atoms with van der Waals surface area (Å²) < 4.78 is 1.26. The smallest absolute Gasteiger partial charge is 0.246 e. The first-order chi connectivity index (χ1) is 15.4. The molecule has 4 rings (SSSR count). The van der Waals surface area contributed by atoms with E-state index in [-0.39, 0.29) is 18.3 Å². The first kappa shape index (κ1) is 25.2. The number of hydrogen-bond donors (Lipinski definition) is 1. The fraction of sp³-hybridized carbons (Fsp3) is 0.360. The van der Waals surface area contributed by atoms with Gasteiger partial charge in [0.2, 0.25) is 5.91 Å². The van der Waals surface area contributed by atoms with Crippen molar-refractivity contribution in [2.75, 3.05) is 46.0 Å².